The molecule has 0 amide bonds. The van der Waals surface area contributed by atoms with Gasteiger partial charge in [0.15, 0.2) is 5.03 Å². The van der Waals surface area contributed by atoms with Crippen LogP contribution in [0.5, 0.6) is 0 Å². The zero-order valence-corrected chi connectivity index (χ0v) is 15.0. The van der Waals surface area contributed by atoms with E-state index in [2.05, 4.69) is 19.7 Å². The van der Waals surface area contributed by atoms with Crippen molar-refractivity contribution in [2.45, 2.75) is 11.9 Å². The van der Waals surface area contributed by atoms with Crippen LogP contribution in [-0.2, 0) is 17.1 Å². The van der Waals surface area contributed by atoms with E-state index in [4.69, 9.17) is 0 Å². The Hall–Kier alpha value is -3.20. The minimum Gasteiger partial charge on any atom is -0.339 e. The van der Waals surface area contributed by atoms with Gasteiger partial charge in [-0.25, -0.2) is 15.0 Å². The van der Waals surface area contributed by atoms with Gasteiger partial charge in [-0.1, -0.05) is 12.1 Å². The molecule has 0 unspecified atom stereocenters. The van der Waals surface area contributed by atoms with Crippen LogP contribution in [0.3, 0.4) is 0 Å². The van der Waals surface area contributed by atoms with Gasteiger partial charge in [-0.2, -0.15) is 8.42 Å². The summed E-state index contributed by atoms with van der Waals surface area (Å²) >= 11 is 0. The monoisotopic (exact) mass is 368 g/mol. The fraction of sp³-hybridized carbons (Fsp3) is 0.118. The lowest BCUT2D eigenvalue weighted by atomic mass is 10.1. The largest absolute Gasteiger partial charge is 0.339 e. The minimum atomic E-state index is -3.75. The van der Waals surface area contributed by atoms with E-state index in [0.29, 0.717) is 11.5 Å². The molecule has 3 aromatic heterocycles. The molecule has 0 saturated carbocycles. The van der Waals surface area contributed by atoms with Crippen molar-refractivity contribution < 1.29 is 8.42 Å². The highest BCUT2D eigenvalue weighted by atomic mass is 32.2. The van der Waals surface area contributed by atoms with Crippen LogP contribution in [0.25, 0.3) is 17.0 Å². The Morgan fingerprint density at radius 3 is 2.73 bits per heavy atom. The Morgan fingerprint density at radius 2 is 2.00 bits per heavy atom. The Kier molecular flexibility index (Phi) is 3.73. The molecule has 0 fully saturated rings. The maximum absolute atomic E-state index is 12.5. The van der Waals surface area contributed by atoms with Crippen molar-refractivity contribution in [1.82, 2.24) is 23.9 Å². The molecule has 0 aliphatic heterocycles. The van der Waals surface area contributed by atoms with Crippen LogP contribution in [0.4, 0.5) is 5.69 Å². The van der Waals surface area contributed by atoms with Crippen molar-refractivity contribution in [1.29, 1.82) is 0 Å². The number of rotatable bonds is 4. The first-order valence-corrected chi connectivity index (χ1v) is 9.33. The molecule has 9 heteroatoms. The molecule has 0 saturated heterocycles. The Labute approximate surface area is 150 Å². The first kappa shape index (κ1) is 16.3. The van der Waals surface area contributed by atoms with Crippen molar-refractivity contribution in [3.05, 3.63) is 60.9 Å². The SMILES string of the molecule is Cc1c(-c2cccc(NS(=O)(=O)c3cn(C)cn3)c2)nc2ncccn12. The molecular formula is C17H16N6O2S. The van der Waals surface area contributed by atoms with Gasteiger partial charge in [0.05, 0.1) is 12.0 Å². The van der Waals surface area contributed by atoms with Gasteiger partial charge in [0.2, 0.25) is 5.78 Å². The van der Waals surface area contributed by atoms with Crippen molar-refractivity contribution in [2.75, 3.05) is 4.72 Å². The van der Waals surface area contributed by atoms with E-state index in [1.165, 1.54) is 12.5 Å². The van der Waals surface area contributed by atoms with E-state index in [-0.39, 0.29) is 5.03 Å². The van der Waals surface area contributed by atoms with E-state index in [9.17, 15) is 8.42 Å². The number of anilines is 1. The summed E-state index contributed by atoms with van der Waals surface area (Å²) in [5, 5.41) is -0.0292. The van der Waals surface area contributed by atoms with Gasteiger partial charge in [-0.05, 0) is 25.1 Å². The van der Waals surface area contributed by atoms with Crippen LogP contribution in [0.15, 0.2) is 60.3 Å². The van der Waals surface area contributed by atoms with Gasteiger partial charge in [-0.3, -0.25) is 9.12 Å². The zero-order chi connectivity index (χ0) is 18.3. The zero-order valence-electron chi connectivity index (χ0n) is 14.2. The van der Waals surface area contributed by atoms with Crippen molar-refractivity contribution in [2.24, 2.45) is 7.05 Å². The summed E-state index contributed by atoms with van der Waals surface area (Å²) in [4.78, 5) is 12.7. The molecule has 8 nitrogen and oxygen atoms in total. The molecule has 4 aromatic rings. The third-order valence-corrected chi connectivity index (χ3v) is 5.25. The predicted octanol–water partition coefficient (Wildman–Crippen LogP) is 2.24. The lowest BCUT2D eigenvalue weighted by molar-refractivity contribution is 0.598. The number of aryl methyl sites for hydroxylation is 2. The number of hydrogen-bond donors (Lipinski definition) is 1. The number of aromatic nitrogens is 5. The maximum atomic E-state index is 12.5. The standard InChI is InChI=1S/C17H16N6O2S/c1-12-16(20-17-18-7-4-8-23(12)17)13-5-3-6-14(9-13)21-26(24,25)15-10-22(2)11-19-15/h3-11,21H,1-2H3. The highest BCUT2D eigenvalue weighted by Crippen LogP contribution is 2.26. The van der Waals surface area contributed by atoms with Gasteiger partial charge in [0.1, 0.15) is 0 Å². The lowest BCUT2D eigenvalue weighted by Crippen LogP contribution is -2.13. The van der Waals surface area contributed by atoms with E-state index in [0.717, 1.165) is 17.0 Å². The molecule has 132 valence electrons. The van der Waals surface area contributed by atoms with Gasteiger partial charge >= 0.3 is 0 Å². The lowest BCUT2D eigenvalue weighted by Gasteiger charge is -2.07. The van der Waals surface area contributed by atoms with Gasteiger partial charge in [0, 0.05) is 42.6 Å². The molecule has 0 aliphatic carbocycles. The highest BCUT2D eigenvalue weighted by molar-refractivity contribution is 7.92. The second kappa shape index (κ2) is 5.95. The van der Waals surface area contributed by atoms with Crippen LogP contribution >= 0.6 is 0 Å². The second-order valence-electron chi connectivity index (χ2n) is 5.90. The summed E-state index contributed by atoms with van der Waals surface area (Å²) < 4.78 is 30.9. The summed E-state index contributed by atoms with van der Waals surface area (Å²) in [6, 6.07) is 8.93. The van der Waals surface area contributed by atoms with Crippen molar-refractivity contribution in [3.63, 3.8) is 0 Å². The fourth-order valence-electron chi connectivity index (χ4n) is 2.74. The summed E-state index contributed by atoms with van der Waals surface area (Å²) in [7, 11) is -2.03. The number of benzene rings is 1. The maximum Gasteiger partial charge on any atom is 0.280 e. The van der Waals surface area contributed by atoms with Crippen LogP contribution in [-0.4, -0.2) is 32.3 Å². The molecule has 4 rings (SSSR count). The number of fused-ring (bicyclic) bond motifs is 1. The van der Waals surface area contributed by atoms with E-state index < -0.39 is 10.0 Å². The smallest absolute Gasteiger partial charge is 0.280 e. The predicted molar refractivity (Wildman–Crippen MR) is 97.2 cm³/mol. The summed E-state index contributed by atoms with van der Waals surface area (Å²) in [5.41, 5.74) is 2.92. The van der Waals surface area contributed by atoms with E-state index in [1.807, 2.05) is 29.7 Å². The minimum absolute atomic E-state index is 0.0292. The fourth-order valence-corrected chi connectivity index (χ4v) is 3.77. The molecule has 0 radical (unpaired) electrons. The quantitative estimate of drug-likeness (QED) is 0.596. The Morgan fingerprint density at radius 1 is 1.15 bits per heavy atom. The van der Waals surface area contributed by atoms with Gasteiger partial charge < -0.3 is 4.57 Å². The Balaban J connectivity index is 1.71. The third-order valence-electron chi connectivity index (χ3n) is 3.99. The van der Waals surface area contributed by atoms with Gasteiger partial charge in [-0.15, -0.1) is 0 Å². The molecular weight excluding hydrogens is 352 g/mol. The number of nitrogens with one attached hydrogen (secondary N) is 1. The van der Waals surface area contributed by atoms with E-state index >= 15 is 0 Å². The first-order chi connectivity index (χ1) is 12.4. The topological polar surface area (TPSA) is 94.2 Å². The molecule has 0 bridgehead atoms. The number of nitrogens with zero attached hydrogens (tertiary/aromatic N) is 5. The van der Waals surface area contributed by atoms with E-state index in [1.54, 1.807) is 36.0 Å². The molecule has 1 aromatic carbocycles. The van der Waals surface area contributed by atoms with Crippen molar-refractivity contribution >= 4 is 21.5 Å². The highest BCUT2D eigenvalue weighted by Gasteiger charge is 2.18. The number of sulfonamides is 1. The molecule has 0 atom stereocenters. The Bertz CT molecular complexity index is 1210. The van der Waals surface area contributed by atoms with Crippen molar-refractivity contribution in [3.8, 4) is 11.3 Å². The average molecular weight is 368 g/mol. The van der Waals surface area contributed by atoms with Crippen LogP contribution in [0.1, 0.15) is 5.69 Å². The third kappa shape index (κ3) is 2.82. The summed E-state index contributed by atoms with van der Waals surface area (Å²) in [6.45, 7) is 1.95. The van der Waals surface area contributed by atoms with Crippen LogP contribution in [0, 0.1) is 6.92 Å². The number of imidazole rings is 2. The van der Waals surface area contributed by atoms with Crippen LogP contribution < -0.4 is 4.72 Å². The average Bonchev–Trinajstić information content (AvgIpc) is 3.20. The second-order valence-corrected chi connectivity index (χ2v) is 7.53. The summed E-state index contributed by atoms with van der Waals surface area (Å²) in [6.07, 6.45) is 6.47. The van der Waals surface area contributed by atoms with Crippen LogP contribution in [0.2, 0.25) is 0 Å². The first-order valence-electron chi connectivity index (χ1n) is 7.85. The normalized spacial score (nSPS) is 11.8. The number of hydrogen-bond acceptors (Lipinski definition) is 5. The molecule has 0 spiro atoms. The summed E-state index contributed by atoms with van der Waals surface area (Å²) in [5.74, 6) is 0.597. The molecule has 26 heavy (non-hydrogen) atoms. The molecule has 3 heterocycles. The molecule has 0 aliphatic rings. The molecule has 1 N–H and O–H groups in total. The van der Waals surface area contributed by atoms with Gasteiger partial charge in [0.25, 0.3) is 10.0 Å².